The molecule has 0 aliphatic heterocycles. The molecule has 0 aliphatic rings. The Balaban J connectivity index is 1.78. The van der Waals surface area contributed by atoms with Gasteiger partial charge in [0.2, 0.25) is 10.0 Å². The van der Waals surface area contributed by atoms with Crippen LogP contribution in [0.1, 0.15) is 36.7 Å². The van der Waals surface area contributed by atoms with E-state index in [0.717, 1.165) is 16.5 Å². The highest BCUT2D eigenvalue weighted by Crippen LogP contribution is 2.07. The number of nitrogens with one attached hydrogen (secondary N) is 1. The molecule has 0 aliphatic carbocycles. The Morgan fingerprint density at radius 3 is 2.67 bits per heavy atom. The minimum Gasteiger partial charge on any atom is -0.455 e. The van der Waals surface area contributed by atoms with Gasteiger partial charge in [-0.25, -0.2) is 13.1 Å². The largest absolute Gasteiger partial charge is 0.455 e. The number of sulfonamides is 1. The van der Waals surface area contributed by atoms with Gasteiger partial charge < -0.3 is 9.26 Å². The van der Waals surface area contributed by atoms with E-state index in [4.69, 9.17) is 9.26 Å². The van der Waals surface area contributed by atoms with E-state index in [1.165, 1.54) is 6.08 Å². The minimum atomic E-state index is -3.76. The monoisotopic (exact) mass is 393 g/mol. The Bertz CT molecular complexity index is 886. The molecule has 0 atom stereocenters. The van der Waals surface area contributed by atoms with Crippen LogP contribution in [0, 0.1) is 12.8 Å². The SMILES string of the molecule is Cc1ccc(/C=C\S(=O)(=O)NCC(=O)OCc2nc(CC(C)C)no2)cc1. The molecule has 1 heterocycles. The van der Waals surface area contributed by atoms with Crippen molar-refractivity contribution in [1.82, 2.24) is 14.9 Å². The number of rotatable bonds is 9. The van der Waals surface area contributed by atoms with Crippen LogP contribution in [0.15, 0.2) is 34.2 Å². The maximum absolute atomic E-state index is 11.9. The molecule has 146 valence electrons. The molecule has 2 aromatic rings. The number of esters is 1. The van der Waals surface area contributed by atoms with Gasteiger partial charge in [0.15, 0.2) is 12.4 Å². The molecule has 0 unspecified atom stereocenters. The number of aryl methyl sites for hydroxylation is 1. The lowest BCUT2D eigenvalue weighted by Gasteiger charge is -2.03. The third-order valence-corrected chi connectivity index (χ3v) is 4.43. The van der Waals surface area contributed by atoms with E-state index in [2.05, 4.69) is 14.9 Å². The Labute approximate surface area is 158 Å². The lowest BCUT2D eigenvalue weighted by atomic mass is 10.1. The molecule has 0 saturated carbocycles. The van der Waals surface area contributed by atoms with E-state index in [1.807, 2.05) is 32.9 Å². The van der Waals surface area contributed by atoms with Crippen molar-refractivity contribution < 1.29 is 22.5 Å². The summed E-state index contributed by atoms with van der Waals surface area (Å²) in [5.74, 6) is 0.338. The van der Waals surface area contributed by atoms with E-state index >= 15 is 0 Å². The predicted octanol–water partition coefficient (Wildman–Crippen LogP) is 2.21. The van der Waals surface area contributed by atoms with Crippen molar-refractivity contribution in [2.75, 3.05) is 6.54 Å². The van der Waals surface area contributed by atoms with Gasteiger partial charge in [-0.1, -0.05) is 48.8 Å². The summed E-state index contributed by atoms with van der Waals surface area (Å²) >= 11 is 0. The average Bonchev–Trinajstić information content (AvgIpc) is 3.04. The summed E-state index contributed by atoms with van der Waals surface area (Å²) < 4.78 is 35.9. The van der Waals surface area contributed by atoms with E-state index in [-0.39, 0.29) is 12.5 Å². The van der Waals surface area contributed by atoms with Crippen molar-refractivity contribution in [3.05, 3.63) is 52.5 Å². The van der Waals surface area contributed by atoms with Gasteiger partial charge in [-0.15, -0.1) is 0 Å². The molecule has 0 fully saturated rings. The highest BCUT2D eigenvalue weighted by Gasteiger charge is 2.13. The van der Waals surface area contributed by atoms with Crippen molar-refractivity contribution in [1.29, 1.82) is 0 Å². The number of benzene rings is 1. The van der Waals surface area contributed by atoms with Gasteiger partial charge >= 0.3 is 5.97 Å². The molecular weight excluding hydrogens is 370 g/mol. The molecule has 1 aromatic carbocycles. The third-order valence-electron chi connectivity index (χ3n) is 3.39. The Morgan fingerprint density at radius 2 is 2.00 bits per heavy atom. The van der Waals surface area contributed by atoms with Gasteiger partial charge in [0.05, 0.1) is 0 Å². The smallest absolute Gasteiger partial charge is 0.321 e. The first kappa shape index (κ1) is 20.8. The van der Waals surface area contributed by atoms with Crippen molar-refractivity contribution in [3.8, 4) is 0 Å². The maximum Gasteiger partial charge on any atom is 0.321 e. The van der Waals surface area contributed by atoms with Crippen LogP contribution in [0.25, 0.3) is 6.08 Å². The molecule has 27 heavy (non-hydrogen) atoms. The van der Waals surface area contributed by atoms with Crippen molar-refractivity contribution in [3.63, 3.8) is 0 Å². The second-order valence-corrected chi connectivity index (χ2v) is 8.09. The van der Waals surface area contributed by atoms with Crippen LogP contribution in [0.2, 0.25) is 0 Å². The Kier molecular flexibility index (Phi) is 7.26. The normalized spacial score (nSPS) is 12.0. The van der Waals surface area contributed by atoms with Gasteiger partial charge in [0.25, 0.3) is 5.89 Å². The highest BCUT2D eigenvalue weighted by molar-refractivity contribution is 7.92. The summed E-state index contributed by atoms with van der Waals surface area (Å²) in [6.07, 6.45) is 2.10. The zero-order chi connectivity index (χ0) is 19.9. The first-order valence-corrected chi connectivity index (χ1v) is 9.99. The Morgan fingerprint density at radius 1 is 1.30 bits per heavy atom. The lowest BCUT2D eigenvalue weighted by Crippen LogP contribution is -2.29. The maximum atomic E-state index is 11.9. The van der Waals surface area contributed by atoms with Gasteiger partial charge in [0.1, 0.15) is 6.54 Å². The predicted molar refractivity (Wildman–Crippen MR) is 99.8 cm³/mol. The molecule has 9 heteroatoms. The summed E-state index contributed by atoms with van der Waals surface area (Å²) in [6.45, 7) is 5.29. The number of hydrogen-bond donors (Lipinski definition) is 1. The molecule has 1 N–H and O–H groups in total. The number of hydrogen-bond acceptors (Lipinski definition) is 7. The average molecular weight is 393 g/mol. The highest BCUT2D eigenvalue weighted by atomic mass is 32.2. The molecule has 2 rings (SSSR count). The van der Waals surface area contributed by atoms with Crippen molar-refractivity contribution in [2.45, 2.75) is 33.8 Å². The molecule has 8 nitrogen and oxygen atoms in total. The van der Waals surface area contributed by atoms with Crippen LogP contribution in [0.3, 0.4) is 0 Å². The van der Waals surface area contributed by atoms with Crippen LogP contribution in [-0.2, 0) is 32.6 Å². The first-order chi connectivity index (χ1) is 12.7. The lowest BCUT2D eigenvalue weighted by molar-refractivity contribution is -0.144. The topological polar surface area (TPSA) is 111 Å². The van der Waals surface area contributed by atoms with Gasteiger partial charge in [0, 0.05) is 11.8 Å². The number of nitrogens with zero attached hydrogens (tertiary/aromatic N) is 2. The molecule has 0 bridgehead atoms. The van der Waals surface area contributed by atoms with Crippen LogP contribution < -0.4 is 4.72 Å². The number of carbonyl (C=O) groups is 1. The van der Waals surface area contributed by atoms with Crippen LogP contribution in [-0.4, -0.2) is 31.1 Å². The number of aromatic nitrogens is 2. The molecule has 0 spiro atoms. The van der Waals surface area contributed by atoms with E-state index in [9.17, 15) is 13.2 Å². The quantitative estimate of drug-likeness (QED) is 0.650. The van der Waals surface area contributed by atoms with Gasteiger partial charge in [-0.3, -0.25) is 4.79 Å². The zero-order valence-corrected chi connectivity index (χ0v) is 16.3. The third kappa shape index (κ3) is 7.71. The second kappa shape index (κ2) is 9.43. The van der Waals surface area contributed by atoms with E-state index < -0.39 is 22.5 Å². The summed E-state index contributed by atoms with van der Waals surface area (Å²) in [6, 6.07) is 7.35. The van der Waals surface area contributed by atoms with Gasteiger partial charge in [-0.05, 0) is 24.5 Å². The van der Waals surface area contributed by atoms with Crippen LogP contribution in [0.5, 0.6) is 0 Å². The van der Waals surface area contributed by atoms with Crippen molar-refractivity contribution in [2.24, 2.45) is 5.92 Å². The van der Waals surface area contributed by atoms with E-state index in [1.54, 1.807) is 12.1 Å². The number of ether oxygens (including phenoxy) is 1. The van der Waals surface area contributed by atoms with Crippen molar-refractivity contribution >= 4 is 22.1 Å². The summed E-state index contributed by atoms with van der Waals surface area (Å²) in [5.41, 5.74) is 1.82. The fourth-order valence-electron chi connectivity index (χ4n) is 2.04. The minimum absolute atomic E-state index is 0.168. The number of carbonyl (C=O) groups excluding carboxylic acids is 1. The molecule has 0 radical (unpaired) electrons. The zero-order valence-electron chi connectivity index (χ0n) is 15.5. The second-order valence-electron chi connectivity index (χ2n) is 6.44. The van der Waals surface area contributed by atoms with E-state index in [0.29, 0.717) is 18.2 Å². The summed E-state index contributed by atoms with van der Waals surface area (Å²) in [4.78, 5) is 15.8. The van der Waals surface area contributed by atoms with Crippen LogP contribution in [0.4, 0.5) is 0 Å². The fraction of sp³-hybridized carbons (Fsp3) is 0.389. The summed E-state index contributed by atoms with van der Waals surface area (Å²) in [7, 11) is -3.76. The Hall–Kier alpha value is -2.52. The molecule has 0 saturated heterocycles. The fourth-order valence-corrected chi connectivity index (χ4v) is 2.79. The summed E-state index contributed by atoms with van der Waals surface area (Å²) in [5, 5.41) is 4.78. The molecule has 1 aromatic heterocycles. The standard InChI is InChI=1S/C18H23N3O5S/c1-13(2)10-16-20-17(26-21-16)12-25-18(22)11-19-27(23,24)9-8-15-6-4-14(3)5-7-15/h4-9,13,19H,10-12H2,1-3H3/b9-8-. The van der Waals surface area contributed by atoms with Crippen LogP contribution >= 0.6 is 0 Å². The molecular formula is C18H23N3O5S. The van der Waals surface area contributed by atoms with Gasteiger partial charge in [-0.2, -0.15) is 4.98 Å². The first-order valence-electron chi connectivity index (χ1n) is 8.45. The molecule has 0 amide bonds.